The number of likely N-dealkylation sites (N-methyl/N-ethyl adjacent to an activating group) is 1. The number of methoxy groups -OCH3 is 1. The van der Waals surface area contributed by atoms with Crippen LogP contribution in [0.1, 0.15) is 108 Å². The van der Waals surface area contributed by atoms with Crippen molar-refractivity contribution in [3.05, 3.63) is 63.7 Å². The van der Waals surface area contributed by atoms with Crippen LogP contribution in [-0.4, -0.2) is 142 Å². The van der Waals surface area contributed by atoms with E-state index in [1.54, 1.807) is 27.7 Å². The predicted molar refractivity (Wildman–Crippen MR) is 203 cm³/mol. The highest BCUT2D eigenvalue weighted by Crippen LogP contribution is 2.54. The molecule has 320 valence electrons. The normalized spacial score (nSPS) is 35.6. The standard InChI is InChI=1S/C42H51NO16/c1-8-42(52)16-27(31-20(35(42)41(51)53-7)13-21-32(37(31)49)38(50)34-25(46)10-9-24(45)33(34)36(21)48)57-29-14-22(43(5)6)39(18(3)55-29)59-30-15-26(47)40(19(4)56-30)58-28-12-11-23(44)17(2)54-28/h9-13,17-19,22,26-30,35,39-40,45-47,49,52H,8,14-16H2,1-7H3/t17-,18+,19+,22+,26+,27+,28+,29-,30-,35+,39-,40-,42-/m0/s1. The fraction of sp³-hybridized carbons (Fsp3) is 0.571. The highest BCUT2D eigenvalue weighted by molar-refractivity contribution is 6.31. The molecule has 17 nitrogen and oxygen atoms in total. The molecule has 5 aliphatic rings. The lowest BCUT2D eigenvalue weighted by molar-refractivity contribution is -0.320. The average molecular weight is 826 g/mol. The fourth-order valence-electron chi connectivity index (χ4n) is 9.08. The van der Waals surface area contributed by atoms with Crippen LogP contribution < -0.4 is 0 Å². The number of aliphatic hydroxyl groups excluding tert-OH is 1. The number of phenols is 3. The van der Waals surface area contributed by atoms with Crippen molar-refractivity contribution in [3.63, 3.8) is 0 Å². The van der Waals surface area contributed by atoms with Crippen molar-refractivity contribution in [3.8, 4) is 17.2 Å². The number of rotatable bonds is 9. The molecular weight excluding hydrogens is 774 g/mol. The zero-order chi connectivity index (χ0) is 42.8. The second-order valence-corrected chi connectivity index (χ2v) is 16.1. The van der Waals surface area contributed by atoms with Crippen molar-refractivity contribution in [1.29, 1.82) is 0 Å². The van der Waals surface area contributed by atoms with Crippen molar-refractivity contribution in [2.45, 2.75) is 133 Å². The van der Waals surface area contributed by atoms with Crippen molar-refractivity contribution in [2.75, 3.05) is 21.2 Å². The zero-order valence-corrected chi connectivity index (χ0v) is 33.8. The van der Waals surface area contributed by atoms with Crippen molar-refractivity contribution in [2.24, 2.45) is 0 Å². The fourth-order valence-corrected chi connectivity index (χ4v) is 9.08. The Hall–Kier alpha value is -4.30. The van der Waals surface area contributed by atoms with Crippen LogP contribution in [0.2, 0.25) is 0 Å². The van der Waals surface area contributed by atoms with Crippen molar-refractivity contribution < 1.29 is 77.9 Å². The number of esters is 1. The molecule has 0 unspecified atom stereocenters. The first-order chi connectivity index (χ1) is 27.9. The first-order valence-electron chi connectivity index (χ1n) is 19.7. The molecule has 2 saturated heterocycles. The van der Waals surface area contributed by atoms with Crippen LogP contribution in [0.5, 0.6) is 17.2 Å². The first kappa shape index (κ1) is 42.8. The molecule has 3 heterocycles. The average Bonchev–Trinajstić information content (AvgIpc) is 3.17. The Morgan fingerprint density at radius 2 is 1.51 bits per heavy atom. The van der Waals surface area contributed by atoms with Gasteiger partial charge in [-0.15, -0.1) is 0 Å². The van der Waals surface area contributed by atoms with Crippen LogP contribution in [0.3, 0.4) is 0 Å². The lowest BCUT2D eigenvalue weighted by atomic mass is 9.67. The van der Waals surface area contributed by atoms with Gasteiger partial charge in [-0.3, -0.25) is 19.2 Å². The number of carbonyl (C=O) groups excluding carboxylic acids is 4. The van der Waals surface area contributed by atoms with Crippen LogP contribution in [0.4, 0.5) is 0 Å². The topological polar surface area (TPSA) is 237 Å². The molecule has 2 aliphatic carbocycles. The summed E-state index contributed by atoms with van der Waals surface area (Å²) in [4.78, 5) is 55.0. The number of carbonyl (C=O) groups is 4. The van der Waals surface area contributed by atoms with Gasteiger partial charge in [-0.1, -0.05) is 6.92 Å². The summed E-state index contributed by atoms with van der Waals surface area (Å²) in [5.74, 6) is -6.10. The molecule has 3 aliphatic heterocycles. The molecule has 0 aromatic heterocycles. The number of ether oxygens (including phenoxy) is 7. The second-order valence-electron chi connectivity index (χ2n) is 16.1. The summed E-state index contributed by atoms with van der Waals surface area (Å²) in [5.41, 5.74) is -3.60. The number of hydrogen-bond donors (Lipinski definition) is 5. The lowest BCUT2D eigenvalue weighted by Gasteiger charge is -2.48. The van der Waals surface area contributed by atoms with Crippen molar-refractivity contribution in [1.82, 2.24) is 4.90 Å². The number of aliphatic hydroxyl groups is 2. The van der Waals surface area contributed by atoms with E-state index in [0.29, 0.717) is 0 Å². The van der Waals surface area contributed by atoms with E-state index >= 15 is 0 Å². The number of benzene rings is 2. The summed E-state index contributed by atoms with van der Waals surface area (Å²) in [6.45, 7) is 6.80. The third-order valence-electron chi connectivity index (χ3n) is 12.2. The van der Waals surface area contributed by atoms with Gasteiger partial charge in [0.05, 0.1) is 53.8 Å². The number of hydrogen-bond acceptors (Lipinski definition) is 17. The maximum atomic E-state index is 14.0. The van der Waals surface area contributed by atoms with E-state index in [1.807, 2.05) is 19.0 Å². The Balaban J connectivity index is 1.15. The molecule has 17 heteroatoms. The molecule has 7 rings (SSSR count). The summed E-state index contributed by atoms with van der Waals surface area (Å²) < 4.78 is 42.3. The molecule has 0 bridgehead atoms. The van der Waals surface area contributed by atoms with Gasteiger partial charge in [0.25, 0.3) is 0 Å². The third-order valence-corrected chi connectivity index (χ3v) is 12.2. The van der Waals surface area contributed by atoms with Gasteiger partial charge in [-0.25, -0.2) is 0 Å². The van der Waals surface area contributed by atoms with Crippen LogP contribution in [0, 0.1) is 0 Å². The summed E-state index contributed by atoms with van der Waals surface area (Å²) in [5, 5.41) is 56.4. The molecule has 2 fully saturated rings. The summed E-state index contributed by atoms with van der Waals surface area (Å²) in [7, 11) is 4.84. The first-order valence-corrected chi connectivity index (χ1v) is 19.7. The van der Waals surface area contributed by atoms with Gasteiger partial charge in [-0.05, 0) is 77.2 Å². The minimum Gasteiger partial charge on any atom is -0.507 e. The van der Waals surface area contributed by atoms with Crippen LogP contribution in [-0.2, 0) is 42.7 Å². The molecular formula is C42H51NO16. The molecule has 2 aromatic rings. The van der Waals surface area contributed by atoms with Gasteiger partial charge in [0.2, 0.25) is 5.78 Å². The molecule has 0 radical (unpaired) electrons. The van der Waals surface area contributed by atoms with E-state index < -0.39 is 125 Å². The zero-order valence-electron chi connectivity index (χ0n) is 33.8. The number of ketones is 3. The molecule has 0 amide bonds. The van der Waals surface area contributed by atoms with E-state index in [1.165, 1.54) is 18.2 Å². The Kier molecular flexibility index (Phi) is 11.8. The molecule has 59 heavy (non-hydrogen) atoms. The Labute approximate surface area is 340 Å². The Morgan fingerprint density at radius 1 is 0.881 bits per heavy atom. The Bertz CT molecular complexity index is 2040. The van der Waals surface area contributed by atoms with Crippen LogP contribution in [0.25, 0.3) is 0 Å². The quantitative estimate of drug-likeness (QED) is 0.154. The van der Waals surface area contributed by atoms with Gasteiger partial charge in [0.1, 0.15) is 41.5 Å². The summed E-state index contributed by atoms with van der Waals surface area (Å²) >= 11 is 0. The molecule has 5 N–H and O–H groups in total. The third kappa shape index (κ3) is 7.57. The highest BCUT2D eigenvalue weighted by atomic mass is 16.7. The van der Waals surface area contributed by atoms with E-state index in [0.717, 1.165) is 19.2 Å². The molecule has 2 aromatic carbocycles. The van der Waals surface area contributed by atoms with Gasteiger partial charge in [-0.2, -0.15) is 0 Å². The summed E-state index contributed by atoms with van der Waals surface area (Å²) in [6, 6.07) is 3.00. The number of nitrogens with zero attached hydrogens (tertiary/aromatic N) is 1. The van der Waals surface area contributed by atoms with Crippen LogP contribution in [0.15, 0.2) is 30.4 Å². The van der Waals surface area contributed by atoms with E-state index in [9.17, 15) is 44.7 Å². The van der Waals surface area contributed by atoms with E-state index in [-0.39, 0.29) is 54.2 Å². The van der Waals surface area contributed by atoms with E-state index in [2.05, 4.69) is 0 Å². The molecule has 0 saturated carbocycles. The number of phenolic OH excluding ortho intramolecular Hbond substituents is 3. The monoisotopic (exact) mass is 825 g/mol. The minimum absolute atomic E-state index is 0.00866. The van der Waals surface area contributed by atoms with Gasteiger partial charge in [0.15, 0.2) is 30.4 Å². The highest BCUT2D eigenvalue weighted by Gasteiger charge is 2.54. The number of aromatic hydroxyl groups is 3. The molecule has 0 spiro atoms. The minimum atomic E-state index is -1.81. The smallest absolute Gasteiger partial charge is 0.316 e. The Morgan fingerprint density at radius 3 is 2.10 bits per heavy atom. The largest absolute Gasteiger partial charge is 0.507 e. The predicted octanol–water partition coefficient (Wildman–Crippen LogP) is 2.64. The van der Waals surface area contributed by atoms with Crippen molar-refractivity contribution >= 4 is 23.3 Å². The number of fused-ring (bicyclic) bond motifs is 3. The molecule has 13 atom stereocenters. The van der Waals surface area contributed by atoms with Gasteiger partial charge < -0.3 is 63.6 Å². The SMILES string of the molecule is CC[C@]1(O)C[C@@H](O[C@H]2C[C@@H](N(C)C)[C@@H](O[C@H]3C[C@@H](O)[C@@H](O[C@@H]4C=CC(=O)[C@H](C)O4)[C@@H](C)O3)[C@@H](C)O2)c2c(cc3c(c2O)C(=O)c2c(O)ccc(O)c2C3=O)[C@@H]1C(=O)OC. The van der Waals surface area contributed by atoms with Gasteiger partial charge >= 0.3 is 5.97 Å². The second kappa shape index (κ2) is 16.3. The maximum absolute atomic E-state index is 14.0. The maximum Gasteiger partial charge on any atom is 0.316 e. The summed E-state index contributed by atoms with van der Waals surface area (Å²) in [6.07, 6.45) is -5.29. The van der Waals surface area contributed by atoms with Crippen LogP contribution >= 0.6 is 0 Å². The lowest BCUT2D eigenvalue weighted by Crippen LogP contribution is -2.58. The van der Waals surface area contributed by atoms with E-state index in [4.69, 9.17) is 33.2 Å². The van der Waals surface area contributed by atoms with Gasteiger partial charge in [0, 0.05) is 36.4 Å².